The SMILES string of the molecule is Cc1ccc(CN2C3CC2CN(Cc2ccccn2)C3)cc1. The molecule has 3 saturated heterocycles. The number of benzene rings is 1. The van der Waals surface area contributed by atoms with Crippen LogP contribution < -0.4 is 0 Å². The average Bonchev–Trinajstić information content (AvgIpc) is 2.55. The van der Waals surface area contributed by atoms with Gasteiger partial charge in [0.1, 0.15) is 0 Å². The van der Waals surface area contributed by atoms with Crippen LogP contribution in [0.3, 0.4) is 0 Å². The molecule has 2 unspecified atom stereocenters. The maximum absolute atomic E-state index is 4.45. The van der Waals surface area contributed by atoms with Gasteiger partial charge in [-0.15, -0.1) is 0 Å². The van der Waals surface area contributed by atoms with Crippen LogP contribution in [0.2, 0.25) is 0 Å². The Bertz CT molecular complexity index is 611. The van der Waals surface area contributed by atoms with Crippen molar-refractivity contribution in [3.8, 4) is 0 Å². The largest absolute Gasteiger partial charge is 0.294 e. The van der Waals surface area contributed by atoms with E-state index in [2.05, 4.69) is 58.1 Å². The quantitative estimate of drug-likeness (QED) is 0.864. The fraction of sp³-hybridized carbons (Fsp3) is 0.421. The van der Waals surface area contributed by atoms with E-state index in [1.807, 2.05) is 12.3 Å². The summed E-state index contributed by atoms with van der Waals surface area (Å²) in [6, 6.07) is 16.6. The number of aromatic nitrogens is 1. The zero-order chi connectivity index (χ0) is 14.9. The second-order valence-electron chi connectivity index (χ2n) is 6.72. The summed E-state index contributed by atoms with van der Waals surface area (Å²) < 4.78 is 0. The second kappa shape index (κ2) is 5.82. The Labute approximate surface area is 132 Å². The molecule has 2 aromatic rings. The van der Waals surface area contributed by atoms with Gasteiger partial charge in [0.25, 0.3) is 0 Å². The highest BCUT2D eigenvalue weighted by Gasteiger charge is 2.44. The topological polar surface area (TPSA) is 19.4 Å². The third-order valence-corrected chi connectivity index (χ3v) is 5.02. The molecule has 5 rings (SSSR count). The van der Waals surface area contributed by atoms with Crippen molar-refractivity contribution in [1.29, 1.82) is 0 Å². The normalized spacial score (nSPS) is 25.0. The zero-order valence-corrected chi connectivity index (χ0v) is 13.2. The van der Waals surface area contributed by atoms with Crippen LogP contribution in [0.5, 0.6) is 0 Å². The minimum atomic E-state index is 0.726. The predicted octanol–water partition coefficient (Wildman–Crippen LogP) is 2.85. The summed E-state index contributed by atoms with van der Waals surface area (Å²) in [4.78, 5) is 9.69. The van der Waals surface area contributed by atoms with Crippen molar-refractivity contribution in [1.82, 2.24) is 14.8 Å². The van der Waals surface area contributed by atoms with Gasteiger partial charge in [0.15, 0.2) is 0 Å². The van der Waals surface area contributed by atoms with Gasteiger partial charge in [0.05, 0.1) is 5.69 Å². The van der Waals surface area contributed by atoms with Gasteiger partial charge in [-0.25, -0.2) is 0 Å². The molecular formula is C19H23N3. The summed E-state index contributed by atoms with van der Waals surface area (Å²) >= 11 is 0. The molecule has 1 aromatic carbocycles. The van der Waals surface area contributed by atoms with E-state index in [0.717, 1.165) is 25.2 Å². The van der Waals surface area contributed by atoms with Crippen LogP contribution in [-0.2, 0) is 13.1 Å². The highest BCUT2D eigenvalue weighted by molar-refractivity contribution is 5.22. The lowest BCUT2D eigenvalue weighted by molar-refractivity contribution is -0.0777. The molecule has 0 amide bonds. The maximum Gasteiger partial charge on any atom is 0.0543 e. The van der Waals surface area contributed by atoms with Crippen LogP contribution in [0.1, 0.15) is 23.2 Å². The number of aryl methyl sites for hydroxylation is 1. The monoisotopic (exact) mass is 293 g/mol. The van der Waals surface area contributed by atoms with Gasteiger partial charge in [-0.1, -0.05) is 35.9 Å². The Morgan fingerprint density at radius 1 is 1.00 bits per heavy atom. The van der Waals surface area contributed by atoms with Crippen molar-refractivity contribution >= 4 is 0 Å². The van der Waals surface area contributed by atoms with Gasteiger partial charge in [-0.05, 0) is 31.0 Å². The van der Waals surface area contributed by atoms with Crippen LogP contribution in [-0.4, -0.2) is 40.0 Å². The Balaban J connectivity index is 1.35. The van der Waals surface area contributed by atoms with E-state index in [-0.39, 0.29) is 0 Å². The summed E-state index contributed by atoms with van der Waals surface area (Å²) in [5, 5.41) is 0. The minimum Gasteiger partial charge on any atom is -0.294 e. The van der Waals surface area contributed by atoms with Crippen LogP contribution in [0, 0.1) is 6.92 Å². The van der Waals surface area contributed by atoms with Crippen LogP contribution in [0.15, 0.2) is 48.7 Å². The third kappa shape index (κ3) is 2.79. The first-order valence-corrected chi connectivity index (χ1v) is 8.21. The molecule has 0 saturated carbocycles. The van der Waals surface area contributed by atoms with Gasteiger partial charge in [0, 0.05) is 44.5 Å². The highest BCUT2D eigenvalue weighted by atomic mass is 15.4. The molecule has 0 spiro atoms. The summed E-state index contributed by atoms with van der Waals surface area (Å²) in [6.07, 6.45) is 3.26. The molecule has 4 heterocycles. The van der Waals surface area contributed by atoms with Crippen LogP contribution in [0.25, 0.3) is 0 Å². The molecule has 1 aromatic heterocycles. The predicted molar refractivity (Wildman–Crippen MR) is 88.4 cm³/mol. The average molecular weight is 293 g/mol. The molecule has 114 valence electrons. The molecule has 3 heteroatoms. The molecular weight excluding hydrogens is 270 g/mol. The van der Waals surface area contributed by atoms with Crippen molar-refractivity contribution in [2.75, 3.05) is 13.1 Å². The smallest absolute Gasteiger partial charge is 0.0543 e. The summed E-state index contributed by atoms with van der Waals surface area (Å²) in [7, 11) is 0. The Morgan fingerprint density at radius 3 is 2.45 bits per heavy atom. The molecule has 3 fully saturated rings. The molecule has 3 aliphatic heterocycles. The van der Waals surface area contributed by atoms with E-state index in [9.17, 15) is 0 Å². The van der Waals surface area contributed by atoms with Gasteiger partial charge >= 0.3 is 0 Å². The second-order valence-corrected chi connectivity index (χ2v) is 6.72. The number of piperidine rings is 1. The zero-order valence-electron chi connectivity index (χ0n) is 13.2. The molecule has 2 bridgehead atoms. The molecule has 0 aliphatic carbocycles. The van der Waals surface area contributed by atoms with E-state index in [1.54, 1.807) is 0 Å². The first kappa shape index (κ1) is 13.9. The molecule has 22 heavy (non-hydrogen) atoms. The van der Waals surface area contributed by atoms with Gasteiger partial charge in [-0.2, -0.15) is 0 Å². The number of hydrogen-bond acceptors (Lipinski definition) is 3. The van der Waals surface area contributed by atoms with E-state index in [4.69, 9.17) is 0 Å². The van der Waals surface area contributed by atoms with Crippen molar-refractivity contribution in [3.05, 3.63) is 65.5 Å². The van der Waals surface area contributed by atoms with Crippen LogP contribution >= 0.6 is 0 Å². The molecule has 3 aliphatic rings. The lowest BCUT2D eigenvalue weighted by Crippen LogP contribution is -2.67. The Hall–Kier alpha value is -1.71. The van der Waals surface area contributed by atoms with Crippen molar-refractivity contribution in [2.24, 2.45) is 0 Å². The van der Waals surface area contributed by atoms with Crippen molar-refractivity contribution in [2.45, 2.75) is 38.5 Å². The number of rotatable bonds is 4. The van der Waals surface area contributed by atoms with E-state index >= 15 is 0 Å². The van der Waals surface area contributed by atoms with Crippen molar-refractivity contribution < 1.29 is 0 Å². The molecule has 3 nitrogen and oxygen atoms in total. The maximum atomic E-state index is 4.45. The summed E-state index contributed by atoms with van der Waals surface area (Å²) in [6.45, 7) is 6.61. The van der Waals surface area contributed by atoms with E-state index < -0.39 is 0 Å². The summed E-state index contributed by atoms with van der Waals surface area (Å²) in [5.41, 5.74) is 3.97. The Kier molecular flexibility index (Phi) is 3.68. The van der Waals surface area contributed by atoms with Gasteiger partial charge in [-0.3, -0.25) is 14.8 Å². The molecule has 0 radical (unpaired) electrons. The number of pyridine rings is 1. The van der Waals surface area contributed by atoms with Crippen molar-refractivity contribution in [3.63, 3.8) is 0 Å². The highest BCUT2D eigenvalue weighted by Crippen LogP contribution is 2.34. The lowest BCUT2D eigenvalue weighted by atomic mass is 9.86. The molecule has 0 N–H and O–H groups in total. The third-order valence-electron chi connectivity index (χ3n) is 5.02. The Morgan fingerprint density at radius 2 is 1.77 bits per heavy atom. The number of fused-ring (bicyclic) bond motifs is 2. The fourth-order valence-corrected chi connectivity index (χ4v) is 3.79. The minimum absolute atomic E-state index is 0.726. The first-order valence-electron chi connectivity index (χ1n) is 8.21. The molecule has 2 atom stereocenters. The van der Waals surface area contributed by atoms with Gasteiger partial charge in [0.2, 0.25) is 0 Å². The first-order chi connectivity index (χ1) is 10.8. The van der Waals surface area contributed by atoms with E-state index in [0.29, 0.717) is 0 Å². The summed E-state index contributed by atoms with van der Waals surface area (Å²) in [5.74, 6) is 0. The fourth-order valence-electron chi connectivity index (χ4n) is 3.79. The van der Waals surface area contributed by atoms with Crippen LogP contribution in [0.4, 0.5) is 0 Å². The standard InChI is InChI=1S/C19H23N3/c1-15-5-7-16(8-6-15)11-22-18-10-19(22)14-21(13-18)12-17-4-2-3-9-20-17/h2-9,18-19H,10-14H2,1H3. The van der Waals surface area contributed by atoms with E-state index in [1.165, 1.54) is 36.3 Å². The lowest BCUT2D eigenvalue weighted by Gasteiger charge is -2.56. The van der Waals surface area contributed by atoms with Gasteiger partial charge < -0.3 is 0 Å². The number of hydrogen-bond donors (Lipinski definition) is 0. The number of nitrogens with zero attached hydrogens (tertiary/aromatic N) is 3. The number of piperazine rings is 1.